The molecule has 0 atom stereocenters. The molecule has 0 aliphatic heterocycles. The predicted molar refractivity (Wildman–Crippen MR) is 66.5 cm³/mol. The zero-order valence-corrected chi connectivity index (χ0v) is 10.9. The fourth-order valence-corrected chi connectivity index (χ4v) is 2.64. The summed E-state index contributed by atoms with van der Waals surface area (Å²) in [5.41, 5.74) is 0. The van der Waals surface area contributed by atoms with Gasteiger partial charge in [0.25, 0.3) is 0 Å². The van der Waals surface area contributed by atoms with E-state index in [1.165, 1.54) is 32.1 Å². The summed E-state index contributed by atoms with van der Waals surface area (Å²) in [4.78, 5) is 0. The largest absolute Gasteiger partial charge is 0.424 e. The van der Waals surface area contributed by atoms with Crippen LogP contribution in [0.1, 0.15) is 50.8 Å². The number of hydrogen-bond donors (Lipinski definition) is 1. The molecule has 0 spiro atoms. The maximum Gasteiger partial charge on any atom is 0.230 e. The predicted octanol–water partition coefficient (Wildman–Crippen LogP) is 2.68. The maximum atomic E-state index is 5.32. The second kappa shape index (κ2) is 6.15. The molecule has 2 rings (SSSR count). The number of nitrogens with one attached hydrogen (secondary N) is 1. The van der Waals surface area contributed by atoms with Crippen molar-refractivity contribution in [3.05, 3.63) is 11.8 Å². The van der Waals surface area contributed by atoms with Crippen molar-refractivity contribution in [2.75, 3.05) is 6.54 Å². The van der Waals surface area contributed by atoms with Crippen LogP contribution < -0.4 is 5.32 Å². The van der Waals surface area contributed by atoms with Crippen molar-refractivity contribution in [3.63, 3.8) is 0 Å². The Kier molecular flexibility index (Phi) is 4.54. The molecule has 0 unspecified atom stereocenters. The first kappa shape index (κ1) is 12.6. The monoisotopic (exact) mass is 237 g/mol. The third-order valence-electron chi connectivity index (χ3n) is 3.82. The van der Waals surface area contributed by atoms with Crippen LogP contribution in [0.4, 0.5) is 0 Å². The Hall–Kier alpha value is -0.900. The topological polar surface area (TPSA) is 51.0 Å². The molecule has 1 aromatic heterocycles. The van der Waals surface area contributed by atoms with Gasteiger partial charge in [-0.1, -0.05) is 26.2 Å². The summed E-state index contributed by atoms with van der Waals surface area (Å²) in [5, 5.41) is 11.2. The van der Waals surface area contributed by atoms with Gasteiger partial charge in [0, 0.05) is 6.92 Å². The molecule has 1 aromatic rings. The highest BCUT2D eigenvalue weighted by Crippen LogP contribution is 2.30. The Balaban J connectivity index is 1.63. The molecule has 0 aromatic carbocycles. The molecule has 1 saturated carbocycles. The molecule has 4 heteroatoms. The van der Waals surface area contributed by atoms with Crippen LogP contribution in [0.5, 0.6) is 0 Å². The molecular weight excluding hydrogens is 214 g/mol. The molecule has 4 nitrogen and oxygen atoms in total. The fourth-order valence-electron chi connectivity index (χ4n) is 2.64. The molecule has 1 aliphatic rings. The Morgan fingerprint density at radius 3 is 2.47 bits per heavy atom. The lowest BCUT2D eigenvalue weighted by molar-refractivity contribution is 0.260. The first-order chi connectivity index (χ1) is 8.28. The van der Waals surface area contributed by atoms with Gasteiger partial charge < -0.3 is 9.73 Å². The van der Waals surface area contributed by atoms with E-state index < -0.39 is 0 Å². The molecular formula is C13H23N3O. The van der Waals surface area contributed by atoms with Crippen molar-refractivity contribution < 1.29 is 4.42 Å². The Bertz CT molecular complexity index is 329. The number of hydrogen-bond acceptors (Lipinski definition) is 4. The molecule has 96 valence electrons. The van der Waals surface area contributed by atoms with Gasteiger partial charge in [-0.15, -0.1) is 10.2 Å². The van der Waals surface area contributed by atoms with Crippen LogP contribution in [0, 0.1) is 18.8 Å². The van der Waals surface area contributed by atoms with Gasteiger partial charge >= 0.3 is 0 Å². The number of aryl methyl sites for hydroxylation is 1. The zero-order chi connectivity index (χ0) is 12.1. The summed E-state index contributed by atoms with van der Waals surface area (Å²) in [7, 11) is 0. The maximum absolute atomic E-state index is 5.32. The van der Waals surface area contributed by atoms with Crippen LogP contribution in [-0.2, 0) is 6.54 Å². The van der Waals surface area contributed by atoms with Gasteiger partial charge in [0.05, 0.1) is 6.54 Å². The third-order valence-corrected chi connectivity index (χ3v) is 3.82. The minimum atomic E-state index is 0.644. The second-order valence-electron chi connectivity index (χ2n) is 5.14. The van der Waals surface area contributed by atoms with Crippen molar-refractivity contribution in [1.82, 2.24) is 15.5 Å². The van der Waals surface area contributed by atoms with E-state index in [0.29, 0.717) is 18.3 Å². The van der Waals surface area contributed by atoms with Gasteiger partial charge in [-0.05, 0) is 31.2 Å². The van der Waals surface area contributed by atoms with E-state index in [1.807, 2.05) is 6.92 Å². The normalized spacial score (nSPS) is 25.1. The molecule has 1 N–H and O–H groups in total. The van der Waals surface area contributed by atoms with E-state index >= 15 is 0 Å². The van der Waals surface area contributed by atoms with Gasteiger partial charge in [0.15, 0.2) is 0 Å². The highest BCUT2D eigenvalue weighted by atomic mass is 16.4. The standard InChI is InChI=1S/C13H23N3O/c1-3-11-4-6-12(7-5-11)8-14-9-13-16-15-10(2)17-13/h11-12,14H,3-9H2,1-2H3. The highest BCUT2D eigenvalue weighted by molar-refractivity contribution is 4.79. The summed E-state index contributed by atoms with van der Waals surface area (Å²) in [6.07, 6.45) is 6.90. The van der Waals surface area contributed by atoms with Crippen LogP contribution >= 0.6 is 0 Å². The van der Waals surface area contributed by atoms with E-state index in [-0.39, 0.29) is 0 Å². The minimum absolute atomic E-state index is 0.644. The minimum Gasteiger partial charge on any atom is -0.424 e. The number of aromatic nitrogens is 2. The summed E-state index contributed by atoms with van der Waals surface area (Å²) in [6.45, 7) is 5.91. The molecule has 1 heterocycles. The lowest BCUT2D eigenvalue weighted by Crippen LogP contribution is -2.26. The molecule has 1 fully saturated rings. The molecule has 0 amide bonds. The Morgan fingerprint density at radius 2 is 1.88 bits per heavy atom. The first-order valence-corrected chi connectivity index (χ1v) is 6.77. The van der Waals surface area contributed by atoms with Gasteiger partial charge in [0.2, 0.25) is 11.8 Å². The smallest absolute Gasteiger partial charge is 0.230 e. The molecule has 0 saturated heterocycles. The van der Waals surface area contributed by atoms with Crippen molar-refractivity contribution in [1.29, 1.82) is 0 Å². The Labute approximate surface area is 103 Å². The van der Waals surface area contributed by atoms with Crippen LogP contribution in [0.2, 0.25) is 0 Å². The average Bonchev–Trinajstić information content (AvgIpc) is 2.76. The van der Waals surface area contributed by atoms with Crippen LogP contribution in [0.15, 0.2) is 4.42 Å². The van der Waals surface area contributed by atoms with Gasteiger partial charge in [0.1, 0.15) is 0 Å². The quantitative estimate of drug-likeness (QED) is 0.855. The van der Waals surface area contributed by atoms with E-state index in [9.17, 15) is 0 Å². The average molecular weight is 237 g/mol. The molecule has 17 heavy (non-hydrogen) atoms. The van der Waals surface area contributed by atoms with Crippen molar-refractivity contribution in [2.45, 2.75) is 52.5 Å². The van der Waals surface area contributed by atoms with Crippen molar-refractivity contribution in [2.24, 2.45) is 11.8 Å². The van der Waals surface area contributed by atoms with Gasteiger partial charge in [-0.25, -0.2) is 0 Å². The highest BCUT2D eigenvalue weighted by Gasteiger charge is 2.19. The lowest BCUT2D eigenvalue weighted by atomic mass is 9.81. The van der Waals surface area contributed by atoms with Crippen molar-refractivity contribution in [3.8, 4) is 0 Å². The van der Waals surface area contributed by atoms with Crippen LogP contribution in [0.25, 0.3) is 0 Å². The number of rotatable bonds is 5. The van der Waals surface area contributed by atoms with E-state index in [0.717, 1.165) is 18.4 Å². The van der Waals surface area contributed by atoms with Crippen LogP contribution in [0.3, 0.4) is 0 Å². The second-order valence-corrected chi connectivity index (χ2v) is 5.14. The number of nitrogens with zero attached hydrogens (tertiary/aromatic N) is 2. The summed E-state index contributed by atoms with van der Waals surface area (Å²) in [5.74, 6) is 3.15. The summed E-state index contributed by atoms with van der Waals surface area (Å²) >= 11 is 0. The Morgan fingerprint density at radius 1 is 1.18 bits per heavy atom. The molecule has 1 aliphatic carbocycles. The first-order valence-electron chi connectivity index (χ1n) is 6.77. The summed E-state index contributed by atoms with van der Waals surface area (Å²) < 4.78 is 5.32. The lowest BCUT2D eigenvalue weighted by Gasteiger charge is -2.27. The fraction of sp³-hybridized carbons (Fsp3) is 0.846. The molecule has 0 bridgehead atoms. The van der Waals surface area contributed by atoms with E-state index in [1.54, 1.807) is 0 Å². The van der Waals surface area contributed by atoms with Gasteiger partial charge in [-0.3, -0.25) is 0 Å². The van der Waals surface area contributed by atoms with Crippen LogP contribution in [-0.4, -0.2) is 16.7 Å². The van der Waals surface area contributed by atoms with E-state index in [2.05, 4.69) is 22.4 Å². The molecule has 0 radical (unpaired) electrons. The van der Waals surface area contributed by atoms with E-state index in [4.69, 9.17) is 4.42 Å². The summed E-state index contributed by atoms with van der Waals surface area (Å²) in [6, 6.07) is 0. The van der Waals surface area contributed by atoms with Crippen molar-refractivity contribution >= 4 is 0 Å². The third kappa shape index (κ3) is 3.80. The van der Waals surface area contributed by atoms with Gasteiger partial charge in [-0.2, -0.15) is 0 Å². The SMILES string of the molecule is CCC1CCC(CNCc2nnc(C)o2)CC1. The zero-order valence-electron chi connectivity index (χ0n) is 10.9.